The second-order valence-corrected chi connectivity index (χ2v) is 7.91. The minimum atomic E-state index is -0.316. The van der Waals surface area contributed by atoms with Crippen LogP contribution in [0, 0.1) is 0 Å². The van der Waals surface area contributed by atoms with E-state index in [1.54, 1.807) is 6.08 Å². The van der Waals surface area contributed by atoms with Gasteiger partial charge in [-0.05, 0) is 69.9 Å². The normalized spacial score (nSPS) is 11.9. The average Bonchev–Trinajstić information content (AvgIpc) is 2.56. The minimum Gasteiger partial charge on any atom is -0.489 e. The summed E-state index contributed by atoms with van der Waals surface area (Å²) in [5, 5.41) is 4.13. The summed E-state index contributed by atoms with van der Waals surface area (Å²) in [5.74, 6) is 1.66. The molecular weight excluding hydrogens is 373 g/mol. The topological polar surface area (TPSA) is 40.0 Å². The third-order valence-corrected chi connectivity index (χ3v) is 3.68. The summed E-state index contributed by atoms with van der Waals surface area (Å²) in [7, 11) is 0. The van der Waals surface area contributed by atoms with E-state index in [2.05, 4.69) is 19.0 Å². The Kier molecular flexibility index (Phi) is 9.31. The summed E-state index contributed by atoms with van der Waals surface area (Å²) in [6, 6.07) is 3.98. The second-order valence-electron chi connectivity index (χ2n) is 6.90. The molecule has 0 spiro atoms. The molecule has 0 saturated carbocycles. The summed E-state index contributed by atoms with van der Waals surface area (Å²) in [5.41, 5.74) is 2.64. The minimum absolute atomic E-state index is 0.198. The van der Waals surface area contributed by atoms with Crippen molar-refractivity contribution in [2.45, 2.75) is 60.0 Å². The summed E-state index contributed by atoms with van der Waals surface area (Å²) in [4.78, 5) is 5.44. The van der Waals surface area contributed by atoms with E-state index in [1.165, 1.54) is 0 Å². The molecule has 1 aromatic rings. The standard InChI is InChI=1S/C20H29Cl2NO3/c1-7-15-11-17(24-10-9-18(21)22)12-16(8-2)19(15)25-13-14(3)23-26-20(4,5)6/h9,11-12H,7-8,10,13H2,1-6H3. The molecule has 0 aliphatic rings. The van der Waals surface area contributed by atoms with Crippen molar-refractivity contribution >= 4 is 28.9 Å². The van der Waals surface area contributed by atoms with Gasteiger partial charge in [-0.25, -0.2) is 0 Å². The Balaban J connectivity index is 2.91. The van der Waals surface area contributed by atoms with Gasteiger partial charge in [0.1, 0.15) is 34.8 Å². The van der Waals surface area contributed by atoms with Crippen molar-refractivity contribution in [3.05, 3.63) is 33.8 Å². The molecule has 0 aliphatic carbocycles. The van der Waals surface area contributed by atoms with Crippen LogP contribution in [0.1, 0.15) is 52.7 Å². The molecule has 146 valence electrons. The Morgan fingerprint density at radius 2 is 1.65 bits per heavy atom. The van der Waals surface area contributed by atoms with Gasteiger partial charge in [-0.3, -0.25) is 0 Å². The molecule has 0 bridgehead atoms. The van der Waals surface area contributed by atoms with Crippen LogP contribution in [-0.2, 0) is 17.7 Å². The Hall–Kier alpha value is -1.39. The van der Waals surface area contributed by atoms with Gasteiger partial charge in [-0.1, -0.05) is 42.2 Å². The van der Waals surface area contributed by atoms with Crippen LogP contribution >= 0.6 is 23.2 Å². The van der Waals surface area contributed by atoms with E-state index >= 15 is 0 Å². The van der Waals surface area contributed by atoms with Gasteiger partial charge >= 0.3 is 0 Å². The lowest BCUT2D eigenvalue weighted by Gasteiger charge is -2.18. The maximum atomic E-state index is 6.05. The molecule has 0 unspecified atom stereocenters. The number of nitrogens with zero attached hydrogens (tertiary/aromatic N) is 1. The maximum Gasteiger partial charge on any atom is 0.129 e. The zero-order valence-corrected chi connectivity index (χ0v) is 18.0. The molecule has 0 heterocycles. The van der Waals surface area contributed by atoms with Gasteiger partial charge in [0.25, 0.3) is 0 Å². The zero-order chi connectivity index (χ0) is 19.7. The molecule has 0 saturated heterocycles. The van der Waals surface area contributed by atoms with Gasteiger partial charge in [0, 0.05) is 0 Å². The predicted octanol–water partition coefficient (Wildman–Crippen LogP) is 6.08. The van der Waals surface area contributed by atoms with Crippen molar-refractivity contribution in [3.8, 4) is 11.5 Å². The highest BCUT2D eigenvalue weighted by Gasteiger charge is 2.13. The summed E-state index contributed by atoms with van der Waals surface area (Å²) < 4.78 is 12.0. The lowest BCUT2D eigenvalue weighted by atomic mass is 10.0. The van der Waals surface area contributed by atoms with Gasteiger partial charge in [-0.15, -0.1) is 0 Å². The highest BCUT2D eigenvalue weighted by Crippen LogP contribution is 2.31. The van der Waals surface area contributed by atoms with Crippen molar-refractivity contribution in [3.63, 3.8) is 0 Å². The monoisotopic (exact) mass is 401 g/mol. The van der Waals surface area contributed by atoms with Crippen molar-refractivity contribution in [2.24, 2.45) is 5.16 Å². The molecule has 0 N–H and O–H groups in total. The molecule has 0 aliphatic heterocycles. The first-order chi connectivity index (χ1) is 12.2. The number of aryl methyl sites for hydroxylation is 2. The molecule has 0 aromatic heterocycles. The van der Waals surface area contributed by atoms with Crippen LogP contribution in [0.15, 0.2) is 27.9 Å². The summed E-state index contributed by atoms with van der Waals surface area (Å²) >= 11 is 11.2. The van der Waals surface area contributed by atoms with E-state index in [1.807, 2.05) is 39.8 Å². The first-order valence-corrected chi connectivity index (χ1v) is 9.56. The lowest BCUT2D eigenvalue weighted by Crippen LogP contribution is -2.18. The Morgan fingerprint density at radius 1 is 1.08 bits per heavy atom. The molecule has 1 aromatic carbocycles. The first-order valence-electron chi connectivity index (χ1n) is 8.80. The SMILES string of the molecule is CCc1cc(OCC=C(Cl)Cl)cc(CC)c1OCC(C)=NOC(C)(C)C. The fourth-order valence-corrected chi connectivity index (χ4v) is 2.26. The average molecular weight is 402 g/mol. The van der Waals surface area contributed by atoms with E-state index in [0.29, 0.717) is 13.2 Å². The maximum absolute atomic E-state index is 6.05. The van der Waals surface area contributed by atoms with E-state index < -0.39 is 0 Å². The Morgan fingerprint density at radius 3 is 2.12 bits per heavy atom. The molecule has 26 heavy (non-hydrogen) atoms. The van der Waals surface area contributed by atoms with Crippen molar-refractivity contribution in [1.29, 1.82) is 0 Å². The Labute approximate surface area is 167 Å². The van der Waals surface area contributed by atoms with Crippen LogP contribution in [0.3, 0.4) is 0 Å². The highest BCUT2D eigenvalue weighted by atomic mass is 35.5. The van der Waals surface area contributed by atoms with Gasteiger partial charge < -0.3 is 14.3 Å². The number of hydrogen-bond donors (Lipinski definition) is 0. The fraction of sp³-hybridized carbons (Fsp3) is 0.550. The van der Waals surface area contributed by atoms with Gasteiger partial charge in [-0.2, -0.15) is 0 Å². The third kappa shape index (κ3) is 8.33. The number of hydrogen-bond acceptors (Lipinski definition) is 4. The van der Waals surface area contributed by atoms with Gasteiger partial charge in [0.15, 0.2) is 0 Å². The zero-order valence-electron chi connectivity index (χ0n) is 16.5. The van der Waals surface area contributed by atoms with Crippen LogP contribution < -0.4 is 9.47 Å². The predicted molar refractivity (Wildman–Crippen MR) is 110 cm³/mol. The van der Waals surface area contributed by atoms with Crippen LogP contribution in [0.5, 0.6) is 11.5 Å². The number of oxime groups is 1. The summed E-state index contributed by atoms with van der Waals surface area (Å²) in [6.45, 7) is 12.6. The first kappa shape index (κ1) is 22.7. The van der Waals surface area contributed by atoms with Crippen molar-refractivity contribution in [1.82, 2.24) is 0 Å². The highest BCUT2D eigenvalue weighted by molar-refractivity contribution is 6.55. The smallest absolute Gasteiger partial charge is 0.129 e. The second kappa shape index (κ2) is 10.7. The molecule has 0 atom stereocenters. The van der Waals surface area contributed by atoms with Gasteiger partial charge in [0.05, 0.1) is 5.71 Å². The third-order valence-electron chi connectivity index (χ3n) is 3.37. The van der Waals surface area contributed by atoms with Crippen LogP contribution in [0.2, 0.25) is 0 Å². The number of halogens is 2. The van der Waals surface area contributed by atoms with E-state index in [-0.39, 0.29) is 10.1 Å². The number of ether oxygens (including phenoxy) is 2. The fourth-order valence-electron chi connectivity index (χ4n) is 2.14. The van der Waals surface area contributed by atoms with Crippen LogP contribution in [0.4, 0.5) is 0 Å². The molecule has 4 nitrogen and oxygen atoms in total. The van der Waals surface area contributed by atoms with Crippen molar-refractivity contribution in [2.75, 3.05) is 13.2 Å². The van der Waals surface area contributed by atoms with Crippen LogP contribution in [-0.4, -0.2) is 24.5 Å². The summed E-state index contributed by atoms with van der Waals surface area (Å²) in [6.07, 6.45) is 3.28. The quantitative estimate of drug-likeness (QED) is 0.371. The Bertz CT molecular complexity index is 620. The van der Waals surface area contributed by atoms with Crippen molar-refractivity contribution < 1.29 is 14.3 Å². The molecular formula is C20H29Cl2NO3. The number of benzene rings is 1. The van der Waals surface area contributed by atoms with Crippen LogP contribution in [0.25, 0.3) is 0 Å². The molecule has 0 amide bonds. The largest absolute Gasteiger partial charge is 0.489 e. The molecule has 6 heteroatoms. The van der Waals surface area contributed by atoms with E-state index in [4.69, 9.17) is 37.5 Å². The molecule has 1 rings (SSSR count). The van der Waals surface area contributed by atoms with E-state index in [0.717, 1.165) is 41.2 Å². The lowest BCUT2D eigenvalue weighted by molar-refractivity contribution is 0.0000903. The molecule has 0 radical (unpaired) electrons. The van der Waals surface area contributed by atoms with Gasteiger partial charge in [0.2, 0.25) is 0 Å². The number of rotatable bonds is 9. The van der Waals surface area contributed by atoms with E-state index in [9.17, 15) is 0 Å². The molecule has 0 fully saturated rings.